The summed E-state index contributed by atoms with van der Waals surface area (Å²) in [6.07, 6.45) is 23.8. The summed E-state index contributed by atoms with van der Waals surface area (Å²) < 4.78 is 0. The molecule has 4 saturated carbocycles. The van der Waals surface area contributed by atoms with E-state index < -0.39 is 11.9 Å². The molecule has 4 aliphatic heterocycles. The molecule has 4 heterocycles. The summed E-state index contributed by atoms with van der Waals surface area (Å²) in [7, 11) is 0. The third kappa shape index (κ3) is 8.89. The topological polar surface area (TPSA) is 114 Å². The molecule has 0 radical (unpaired) electrons. The predicted octanol–water partition coefficient (Wildman–Crippen LogP) is 5.92. The van der Waals surface area contributed by atoms with Gasteiger partial charge in [0.05, 0.1) is 17.9 Å². The highest BCUT2D eigenvalue weighted by Crippen LogP contribution is 2.48. The van der Waals surface area contributed by atoms with Gasteiger partial charge in [0.25, 0.3) is 0 Å². The largest absolute Gasteiger partial charge is 0.393 e. The van der Waals surface area contributed by atoms with Crippen molar-refractivity contribution in [3.05, 3.63) is 11.1 Å². The highest BCUT2D eigenvalue weighted by Gasteiger charge is 2.54. The lowest BCUT2D eigenvalue weighted by molar-refractivity contribution is -0.151. The summed E-state index contributed by atoms with van der Waals surface area (Å²) in [4.78, 5) is 60.1. The van der Waals surface area contributed by atoms with Crippen LogP contribution in [0.1, 0.15) is 142 Å². The Labute approximate surface area is 336 Å². The fourth-order valence-corrected chi connectivity index (χ4v) is 13.4. The van der Waals surface area contributed by atoms with Crippen LogP contribution in [0.25, 0.3) is 0 Å². The number of hydrogen-bond acceptors (Lipinski definition) is 8. The molecule has 4 saturated heterocycles. The van der Waals surface area contributed by atoms with Crippen LogP contribution >= 0.6 is 0 Å². The van der Waals surface area contributed by atoms with E-state index in [-0.39, 0.29) is 48.5 Å². The van der Waals surface area contributed by atoms with Crippen LogP contribution in [-0.2, 0) is 19.2 Å². The summed E-state index contributed by atoms with van der Waals surface area (Å²) >= 11 is 0. The van der Waals surface area contributed by atoms with Crippen LogP contribution in [0, 0.1) is 41.4 Å². The van der Waals surface area contributed by atoms with Crippen molar-refractivity contribution in [1.29, 1.82) is 0 Å². The molecule has 4 unspecified atom stereocenters. The zero-order valence-electron chi connectivity index (χ0n) is 34.6. The Bertz CT molecular complexity index is 1430. The number of likely N-dealkylation sites (tertiary alicyclic amines) is 2. The highest BCUT2D eigenvalue weighted by atomic mass is 16.3. The Morgan fingerprint density at radius 2 is 1.23 bits per heavy atom. The van der Waals surface area contributed by atoms with Gasteiger partial charge in [0.2, 0.25) is 23.6 Å². The van der Waals surface area contributed by atoms with E-state index in [1.807, 2.05) is 11.1 Å². The van der Waals surface area contributed by atoms with Gasteiger partial charge in [0.15, 0.2) is 0 Å². The van der Waals surface area contributed by atoms with Gasteiger partial charge in [-0.05, 0) is 152 Å². The van der Waals surface area contributed by atoms with Crippen molar-refractivity contribution < 1.29 is 24.3 Å². The molecule has 10 heteroatoms. The molecular weight excluding hydrogens is 703 g/mol. The zero-order valence-corrected chi connectivity index (χ0v) is 34.6. The molecule has 8 aliphatic rings. The standard InChI is InChI=1S/C46H73N5O5/c1-2-38(33-6-4-3-5-7-33)43(35-12-15-37(52)16-13-35)34-10-8-31(9-11-34)32-20-22-48(23-21-32)24-25-49-26-28-50(29-27-49)36-14-17-39-40(30-36)46(56)51(45(39)55)41-18-19-42(53)47-44(41)54/h31-37,39-41,52H,2-30H2,1H3,(H,47,53,54)/b43-38+. The van der Waals surface area contributed by atoms with Crippen molar-refractivity contribution in [3.63, 3.8) is 0 Å². The lowest BCUT2D eigenvalue weighted by atomic mass is 9.65. The SMILES string of the molecule is CC/C(=C(\C1CCC(O)CC1)C1CCC(C2CCN(CCN3CCN(C4CCC5C(=O)N(C6CCC(=O)NC6=O)C(=O)C5C4)CC3)CC2)CC1)C1CCCCC1. The minimum atomic E-state index is -0.838. The second-order valence-electron chi connectivity index (χ2n) is 19.5. The summed E-state index contributed by atoms with van der Waals surface area (Å²) in [6, 6.07) is -0.532. The third-order valence-corrected chi connectivity index (χ3v) is 16.6. The van der Waals surface area contributed by atoms with Crippen molar-refractivity contribution in [2.45, 2.75) is 160 Å². The summed E-state index contributed by atoms with van der Waals surface area (Å²) in [6.45, 7) is 11.3. The number of nitrogens with one attached hydrogen (secondary N) is 1. The smallest absolute Gasteiger partial charge is 0.249 e. The lowest BCUT2D eigenvalue weighted by Crippen LogP contribution is -2.54. The number of piperazine rings is 1. The van der Waals surface area contributed by atoms with E-state index in [1.54, 1.807) is 0 Å². The van der Waals surface area contributed by atoms with E-state index in [0.717, 1.165) is 88.1 Å². The molecule has 56 heavy (non-hydrogen) atoms. The molecule has 0 spiro atoms. The fraction of sp³-hybridized carbons (Fsp3) is 0.870. The first-order valence-electron chi connectivity index (χ1n) is 23.6. The van der Waals surface area contributed by atoms with E-state index >= 15 is 0 Å². The number of aliphatic hydroxyl groups excluding tert-OH is 1. The second kappa shape index (κ2) is 18.4. The van der Waals surface area contributed by atoms with Crippen LogP contribution in [0.15, 0.2) is 11.1 Å². The fourth-order valence-electron chi connectivity index (χ4n) is 13.4. The normalized spacial score (nSPS) is 37.1. The van der Waals surface area contributed by atoms with Gasteiger partial charge >= 0.3 is 0 Å². The second-order valence-corrected chi connectivity index (χ2v) is 19.5. The quantitative estimate of drug-likeness (QED) is 0.208. The molecule has 4 atom stereocenters. The van der Waals surface area contributed by atoms with Crippen LogP contribution in [0.2, 0.25) is 0 Å². The zero-order chi connectivity index (χ0) is 38.8. The van der Waals surface area contributed by atoms with Gasteiger partial charge in [0, 0.05) is 51.7 Å². The van der Waals surface area contributed by atoms with Crippen LogP contribution in [0.4, 0.5) is 0 Å². The van der Waals surface area contributed by atoms with E-state index in [1.165, 1.54) is 108 Å². The van der Waals surface area contributed by atoms with Crippen molar-refractivity contribution in [2.24, 2.45) is 41.4 Å². The number of piperidine rings is 2. The van der Waals surface area contributed by atoms with Gasteiger partial charge in [-0.3, -0.25) is 39.2 Å². The van der Waals surface area contributed by atoms with E-state index in [4.69, 9.17) is 0 Å². The minimum absolute atomic E-state index is 0.0702. The van der Waals surface area contributed by atoms with Gasteiger partial charge in [-0.15, -0.1) is 0 Å². The average molecular weight is 776 g/mol. The first kappa shape index (κ1) is 40.6. The first-order valence-corrected chi connectivity index (χ1v) is 23.6. The van der Waals surface area contributed by atoms with Crippen LogP contribution in [0.5, 0.6) is 0 Å². The molecule has 4 aliphatic carbocycles. The molecule has 0 aromatic heterocycles. The minimum Gasteiger partial charge on any atom is -0.393 e. The number of allylic oxidation sites excluding steroid dienone is 2. The summed E-state index contributed by atoms with van der Waals surface area (Å²) in [5, 5.41) is 12.7. The van der Waals surface area contributed by atoms with Crippen molar-refractivity contribution in [1.82, 2.24) is 24.9 Å². The maximum atomic E-state index is 13.5. The van der Waals surface area contributed by atoms with Gasteiger partial charge in [0.1, 0.15) is 6.04 Å². The maximum absolute atomic E-state index is 13.5. The highest BCUT2D eigenvalue weighted by molar-refractivity contribution is 6.10. The number of carbonyl (C=O) groups is 4. The molecule has 0 bridgehead atoms. The van der Waals surface area contributed by atoms with Crippen LogP contribution in [-0.4, -0.2) is 119 Å². The molecule has 8 rings (SSSR count). The number of nitrogens with zero attached hydrogens (tertiary/aromatic N) is 4. The van der Waals surface area contributed by atoms with Gasteiger partial charge in [-0.2, -0.15) is 0 Å². The number of carbonyl (C=O) groups excluding carboxylic acids is 4. The maximum Gasteiger partial charge on any atom is 0.249 e. The number of fused-ring (bicyclic) bond motifs is 1. The van der Waals surface area contributed by atoms with Gasteiger partial charge in [-0.25, -0.2) is 0 Å². The Balaban J connectivity index is 0.757. The number of amides is 4. The number of rotatable bonds is 10. The van der Waals surface area contributed by atoms with Crippen LogP contribution in [0.3, 0.4) is 0 Å². The Kier molecular flexibility index (Phi) is 13.4. The number of imide groups is 2. The lowest BCUT2D eigenvalue weighted by Gasteiger charge is -2.43. The Morgan fingerprint density at radius 1 is 0.625 bits per heavy atom. The van der Waals surface area contributed by atoms with E-state index in [9.17, 15) is 24.3 Å². The van der Waals surface area contributed by atoms with Gasteiger partial charge < -0.3 is 10.0 Å². The van der Waals surface area contributed by atoms with Crippen molar-refractivity contribution >= 4 is 23.6 Å². The Hall–Kier alpha value is -2.14. The molecule has 312 valence electrons. The molecule has 0 aromatic carbocycles. The monoisotopic (exact) mass is 776 g/mol. The molecule has 2 N–H and O–H groups in total. The van der Waals surface area contributed by atoms with Crippen molar-refractivity contribution in [3.8, 4) is 0 Å². The summed E-state index contributed by atoms with van der Waals surface area (Å²) in [5.74, 6) is 2.26. The molecule has 10 nitrogen and oxygen atoms in total. The van der Waals surface area contributed by atoms with Crippen molar-refractivity contribution in [2.75, 3.05) is 52.4 Å². The number of hydrogen-bond donors (Lipinski definition) is 2. The van der Waals surface area contributed by atoms with E-state index in [2.05, 4.69) is 26.9 Å². The summed E-state index contributed by atoms with van der Waals surface area (Å²) in [5.41, 5.74) is 3.78. The van der Waals surface area contributed by atoms with Crippen LogP contribution < -0.4 is 5.32 Å². The predicted molar refractivity (Wildman–Crippen MR) is 217 cm³/mol. The average Bonchev–Trinajstić information content (AvgIpc) is 3.48. The molecule has 4 amide bonds. The first-order chi connectivity index (χ1) is 27.3. The van der Waals surface area contributed by atoms with E-state index in [0.29, 0.717) is 18.9 Å². The molecule has 0 aromatic rings. The number of aliphatic hydroxyl groups is 1. The van der Waals surface area contributed by atoms with Gasteiger partial charge in [-0.1, -0.05) is 37.3 Å². The third-order valence-electron chi connectivity index (χ3n) is 16.6. The molecular formula is C46H73N5O5. The Morgan fingerprint density at radius 3 is 1.88 bits per heavy atom. The molecule has 8 fully saturated rings.